The van der Waals surface area contributed by atoms with Gasteiger partial charge in [0.05, 0.1) is 5.92 Å². The van der Waals surface area contributed by atoms with Crippen molar-refractivity contribution >= 4 is 11.5 Å². The Balaban J connectivity index is 1.89. The number of aliphatic carboxylic acids is 1. The van der Waals surface area contributed by atoms with Crippen LogP contribution in [0.3, 0.4) is 0 Å². The van der Waals surface area contributed by atoms with Gasteiger partial charge in [0.1, 0.15) is 5.82 Å². The number of carboxylic acids is 1. The van der Waals surface area contributed by atoms with Crippen LogP contribution in [-0.2, 0) is 11.2 Å². The van der Waals surface area contributed by atoms with E-state index in [2.05, 4.69) is 25.9 Å². The zero-order valence-corrected chi connectivity index (χ0v) is 14.7. The van der Waals surface area contributed by atoms with Crippen molar-refractivity contribution in [1.29, 1.82) is 0 Å². The van der Waals surface area contributed by atoms with Crippen molar-refractivity contribution < 1.29 is 14.3 Å². The molecule has 0 amide bonds. The van der Waals surface area contributed by atoms with Gasteiger partial charge < -0.3 is 10.4 Å². The summed E-state index contributed by atoms with van der Waals surface area (Å²) in [6.45, 7) is 5.07. The van der Waals surface area contributed by atoms with Crippen LogP contribution in [0.25, 0.3) is 5.57 Å². The number of nitrogens with one attached hydrogen (secondary N) is 2. The molecule has 138 valence electrons. The van der Waals surface area contributed by atoms with E-state index in [0.29, 0.717) is 29.9 Å². The van der Waals surface area contributed by atoms with E-state index in [1.54, 1.807) is 6.07 Å². The molecule has 0 spiro atoms. The molecule has 1 unspecified atom stereocenters. The van der Waals surface area contributed by atoms with E-state index in [-0.39, 0.29) is 11.7 Å². The van der Waals surface area contributed by atoms with Gasteiger partial charge in [-0.15, -0.1) is 10.2 Å². The van der Waals surface area contributed by atoms with E-state index in [1.807, 2.05) is 26.0 Å². The van der Waals surface area contributed by atoms with E-state index in [4.69, 9.17) is 0 Å². The summed E-state index contributed by atoms with van der Waals surface area (Å²) in [7, 11) is 0. The Morgan fingerprint density at radius 3 is 2.73 bits per heavy atom. The first-order chi connectivity index (χ1) is 12.5. The van der Waals surface area contributed by atoms with Gasteiger partial charge >= 0.3 is 5.97 Å². The van der Waals surface area contributed by atoms with Crippen LogP contribution in [-0.4, -0.2) is 44.8 Å². The quantitative estimate of drug-likeness (QED) is 0.699. The van der Waals surface area contributed by atoms with Crippen molar-refractivity contribution in [3.05, 3.63) is 47.0 Å². The third-order valence-electron chi connectivity index (χ3n) is 4.77. The van der Waals surface area contributed by atoms with Crippen LogP contribution >= 0.6 is 0 Å². The first kappa shape index (κ1) is 18.2. The number of nitrogens with zero attached hydrogens (tertiary/aromatic N) is 3. The van der Waals surface area contributed by atoms with Crippen molar-refractivity contribution in [2.24, 2.45) is 11.8 Å². The Morgan fingerprint density at radius 2 is 2.19 bits per heavy atom. The maximum absolute atomic E-state index is 14.6. The fraction of sp³-hybridized carbons (Fsp3) is 0.444. The summed E-state index contributed by atoms with van der Waals surface area (Å²) in [6.07, 6.45) is 2.29. The molecule has 3 N–H and O–H groups in total. The molecule has 26 heavy (non-hydrogen) atoms. The number of carboxylic acid groups (broad SMARTS) is 1. The van der Waals surface area contributed by atoms with Crippen LogP contribution in [0.2, 0.25) is 0 Å². The molecule has 0 bridgehead atoms. The van der Waals surface area contributed by atoms with Crippen LogP contribution in [0.15, 0.2) is 24.3 Å². The smallest absolute Gasteiger partial charge is 0.307 e. The normalized spacial score (nSPS) is 16.5. The Hall–Kier alpha value is -2.61. The molecule has 2 atom stereocenters. The number of benzene rings is 1. The molecule has 3 rings (SSSR count). The predicted molar refractivity (Wildman–Crippen MR) is 93.8 cm³/mol. The summed E-state index contributed by atoms with van der Waals surface area (Å²) in [5, 5.41) is 26.7. The number of H-pyrrole nitrogens is 1. The van der Waals surface area contributed by atoms with Crippen molar-refractivity contribution in [2.45, 2.75) is 26.2 Å². The van der Waals surface area contributed by atoms with Crippen LogP contribution in [0, 0.1) is 17.7 Å². The maximum Gasteiger partial charge on any atom is 0.307 e. The third kappa shape index (κ3) is 3.80. The fourth-order valence-electron chi connectivity index (χ4n) is 3.51. The molecule has 1 aliphatic rings. The standard InChI is InChI=1S/C18H22FN5O2/c1-10(2)16(18(25)26)14(17-21-23-24-22-17)7-11-3-4-13(15(19)8-11)12-5-6-20-9-12/h3-5,8,10,14,16,20H,6-7,9H2,1-2H3,(H,25,26)(H,21,22,23,24)/t14-,16?/m0/s1. The molecule has 0 radical (unpaired) electrons. The van der Waals surface area contributed by atoms with E-state index in [1.165, 1.54) is 6.07 Å². The highest BCUT2D eigenvalue weighted by Gasteiger charge is 2.35. The van der Waals surface area contributed by atoms with Crippen LogP contribution in [0.5, 0.6) is 0 Å². The van der Waals surface area contributed by atoms with Crippen molar-refractivity contribution in [3.8, 4) is 0 Å². The second kappa shape index (κ2) is 7.74. The summed E-state index contributed by atoms with van der Waals surface area (Å²) < 4.78 is 14.6. The average Bonchev–Trinajstić information content (AvgIpc) is 3.27. The molecule has 7 nitrogen and oxygen atoms in total. The molecule has 1 aromatic heterocycles. The maximum atomic E-state index is 14.6. The molecular formula is C18H22FN5O2. The van der Waals surface area contributed by atoms with Gasteiger partial charge in [-0.3, -0.25) is 4.79 Å². The second-order valence-electron chi connectivity index (χ2n) is 6.86. The average molecular weight is 359 g/mol. The zero-order valence-electron chi connectivity index (χ0n) is 14.7. The summed E-state index contributed by atoms with van der Waals surface area (Å²) in [5.74, 6) is -2.22. The molecule has 1 aliphatic heterocycles. The summed E-state index contributed by atoms with van der Waals surface area (Å²) >= 11 is 0. The Bertz CT molecular complexity index is 804. The highest BCUT2D eigenvalue weighted by atomic mass is 19.1. The van der Waals surface area contributed by atoms with E-state index in [0.717, 1.165) is 12.1 Å². The van der Waals surface area contributed by atoms with Crippen molar-refractivity contribution in [1.82, 2.24) is 25.9 Å². The monoisotopic (exact) mass is 359 g/mol. The van der Waals surface area contributed by atoms with Crippen LogP contribution in [0.1, 0.15) is 36.7 Å². The molecule has 2 heterocycles. The van der Waals surface area contributed by atoms with E-state index in [9.17, 15) is 14.3 Å². The molecule has 0 aliphatic carbocycles. The minimum Gasteiger partial charge on any atom is -0.481 e. The van der Waals surface area contributed by atoms with Gasteiger partial charge in [0, 0.05) is 24.6 Å². The SMILES string of the molecule is CC(C)C(C(=O)O)[C@H](Cc1ccc(C2=CCNC2)c(F)c1)c1nn[nH]n1. The molecule has 2 aromatic rings. The summed E-state index contributed by atoms with van der Waals surface area (Å²) in [5.41, 5.74) is 2.22. The lowest BCUT2D eigenvalue weighted by Gasteiger charge is -2.24. The lowest BCUT2D eigenvalue weighted by atomic mass is 9.79. The zero-order chi connectivity index (χ0) is 18.7. The number of hydrogen-bond acceptors (Lipinski definition) is 5. The minimum atomic E-state index is -0.922. The molecule has 8 heteroatoms. The summed E-state index contributed by atoms with van der Waals surface area (Å²) in [6, 6.07) is 5.06. The lowest BCUT2D eigenvalue weighted by molar-refractivity contribution is -0.144. The number of tetrazole rings is 1. The van der Waals surface area contributed by atoms with Gasteiger partial charge in [-0.25, -0.2) is 4.39 Å². The number of aromatic nitrogens is 4. The largest absolute Gasteiger partial charge is 0.481 e. The van der Waals surface area contributed by atoms with Crippen LogP contribution < -0.4 is 5.32 Å². The first-order valence-corrected chi connectivity index (χ1v) is 8.62. The lowest BCUT2D eigenvalue weighted by Crippen LogP contribution is -2.29. The summed E-state index contributed by atoms with van der Waals surface area (Å²) in [4.78, 5) is 11.8. The van der Waals surface area contributed by atoms with Gasteiger partial charge in [-0.1, -0.05) is 37.3 Å². The molecule has 0 saturated carbocycles. The molecule has 1 aromatic carbocycles. The highest BCUT2D eigenvalue weighted by molar-refractivity contribution is 5.72. The molecular weight excluding hydrogens is 337 g/mol. The second-order valence-corrected chi connectivity index (χ2v) is 6.86. The van der Waals surface area contributed by atoms with Crippen LogP contribution in [0.4, 0.5) is 4.39 Å². The Kier molecular flexibility index (Phi) is 5.41. The predicted octanol–water partition coefficient (Wildman–Crippen LogP) is 2.01. The van der Waals surface area contributed by atoms with Crippen molar-refractivity contribution in [3.63, 3.8) is 0 Å². The number of carbonyl (C=O) groups is 1. The number of halogens is 1. The van der Waals surface area contributed by atoms with Gasteiger partial charge in [0.2, 0.25) is 0 Å². The topological polar surface area (TPSA) is 104 Å². The minimum absolute atomic E-state index is 0.130. The van der Waals surface area contributed by atoms with Gasteiger partial charge in [0.25, 0.3) is 0 Å². The number of aromatic amines is 1. The van der Waals surface area contributed by atoms with E-state index >= 15 is 0 Å². The van der Waals surface area contributed by atoms with Gasteiger partial charge in [-0.2, -0.15) is 5.21 Å². The van der Waals surface area contributed by atoms with E-state index < -0.39 is 17.8 Å². The number of rotatable bonds is 7. The Morgan fingerprint density at radius 1 is 1.38 bits per heavy atom. The molecule has 0 fully saturated rings. The highest BCUT2D eigenvalue weighted by Crippen LogP contribution is 2.32. The first-order valence-electron chi connectivity index (χ1n) is 8.62. The third-order valence-corrected chi connectivity index (χ3v) is 4.77. The van der Waals surface area contributed by atoms with Gasteiger partial charge in [-0.05, 0) is 29.5 Å². The van der Waals surface area contributed by atoms with Gasteiger partial charge in [0.15, 0.2) is 5.82 Å². The van der Waals surface area contributed by atoms with Crippen molar-refractivity contribution in [2.75, 3.05) is 13.1 Å². The number of hydrogen-bond donors (Lipinski definition) is 3. The molecule has 0 saturated heterocycles. The Labute approximate surface area is 150 Å². The fourth-order valence-corrected chi connectivity index (χ4v) is 3.51.